The number of carboxylic acid groups (broad SMARTS) is 1. The quantitative estimate of drug-likeness (QED) is 0.605. The molecule has 0 spiro atoms. The highest BCUT2D eigenvalue weighted by Gasteiger charge is 2.63. The van der Waals surface area contributed by atoms with Gasteiger partial charge < -0.3 is 9.84 Å². The molecule has 0 bridgehead atoms. The van der Waals surface area contributed by atoms with Gasteiger partial charge in [0.15, 0.2) is 0 Å². The Morgan fingerprint density at radius 3 is 2.78 bits per heavy atom. The molecular formula is C15H22O3. The molecule has 6 atom stereocenters. The zero-order chi connectivity index (χ0) is 13.1. The third-order valence-electron chi connectivity index (χ3n) is 5.61. The van der Waals surface area contributed by atoms with E-state index in [1.807, 2.05) is 0 Å². The highest BCUT2D eigenvalue weighted by atomic mass is 16.6. The molecule has 1 aliphatic heterocycles. The van der Waals surface area contributed by atoms with Crippen LogP contribution in [0.5, 0.6) is 0 Å². The Morgan fingerprint density at radius 1 is 1.39 bits per heavy atom. The SMILES string of the molecule is C=C(C(=O)O)[C@@H]1CC[C@@H](C)[C@@H]2CC[C@]3(C)O[C@H]3[C@@H]21. The second-order valence-electron chi connectivity index (χ2n) is 6.62. The number of aliphatic carboxylic acids is 1. The molecule has 0 aromatic rings. The molecule has 3 fully saturated rings. The van der Waals surface area contributed by atoms with E-state index < -0.39 is 5.97 Å². The van der Waals surface area contributed by atoms with Crippen LogP contribution in [0, 0.1) is 23.7 Å². The number of fused-ring (bicyclic) bond motifs is 3. The molecule has 3 aliphatic rings. The lowest BCUT2D eigenvalue weighted by Crippen LogP contribution is -2.43. The normalized spacial score (nSPS) is 50.0. The number of hydrogen-bond acceptors (Lipinski definition) is 2. The highest BCUT2D eigenvalue weighted by Crippen LogP contribution is 2.60. The van der Waals surface area contributed by atoms with Gasteiger partial charge in [-0.05, 0) is 56.3 Å². The smallest absolute Gasteiger partial charge is 0.331 e. The van der Waals surface area contributed by atoms with Crippen LogP contribution in [-0.4, -0.2) is 22.8 Å². The molecule has 1 heterocycles. The third-order valence-corrected chi connectivity index (χ3v) is 5.61. The molecule has 0 aromatic carbocycles. The van der Waals surface area contributed by atoms with Crippen LogP contribution in [0.4, 0.5) is 0 Å². The lowest BCUT2D eigenvalue weighted by atomic mass is 9.58. The summed E-state index contributed by atoms with van der Waals surface area (Å²) in [5.74, 6) is 0.996. The molecule has 3 heteroatoms. The molecule has 0 radical (unpaired) electrons. The summed E-state index contributed by atoms with van der Waals surface area (Å²) in [4.78, 5) is 11.2. The van der Waals surface area contributed by atoms with Crippen LogP contribution in [-0.2, 0) is 9.53 Å². The van der Waals surface area contributed by atoms with Gasteiger partial charge >= 0.3 is 5.97 Å². The fourth-order valence-electron chi connectivity index (χ4n) is 4.40. The molecule has 2 aliphatic carbocycles. The first-order chi connectivity index (χ1) is 8.44. The topological polar surface area (TPSA) is 49.8 Å². The van der Waals surface area contributed by atoms with Gasteiger partial charge in [-0.1, -0.05) is 13.5 Å². The van der Waals surface area contributed by atoms with E-state index in [-0.39, 0.29) is 17.6 Å². The van der Waals surface area contributed by atoms with Gasteiger partial charge in [0.2, 0.25) is 0 Å². The van der Waals surface area contributed by atoms with Crippen molar-refractivity contribution in [2.24, 2.45) is 23.7 Å². The standard InChI is InChI=1S/C15H22O3/c1-8-4-5-11(9(2)14(16)17)12-10(8)6-7-15(3)13(12)18-15/h8,10-13H,2,4-7H2,1,3H3,(H,16,17)/t8-,10+,11+,12+,13+,15+/m1/s1. The van der Waals surface area contributed by atoms with E-state index in [4.69, 9.17) is 4.74 Å². The first-order valence-corrected chi connectivity index (χ1v) is 7.04. The third kappa shape index (κ3) is 1.63. The van der Waals surface area contributed by atoms with Crippen LogP contribution >= 0.6 is 0 Å². The average molecular weight is 250 g/mol. The van der Waals surface area contributed by atoms with Gasteiger partial charge in [0.05, 0.1) is 11.7 Å². The van der Waals surface area contributed by atoms with Crippen molar-refractivity contribution >= 4 is 5.97 Å². The zero-order valence-electron chi connectivity index (χ0n) is 11.2. The molecule has 3 rings (SSSR count). The van der Waals surface area contributed by atoms with Crippen molar-refractivity contribution in [2.45, 2.75) is 51.2 Å². The van der Waals surface area contributed by atoms with Crippen molar-refractivity contribution in [1.29, 1.82) is 0 Å². The summed E-state index contributed by atoms with van der Waals surface area (Å²) in [6.45, 7) is 8.30. The van der Waals surface area contributed by atoms with E-state index in [0.29, 0.717) is 23.3 Å². The Labute approximate surface area is 108 Å². The van der Waals surface area contributed by atoms with Crippen molar-refractivity contribution < 1.29 is 14.6 Å². The van der Waals surface area contributed by atoms with E-state index in [1.165, 1.54) is 6.42 Å². The Bertz CT molecular complexity index is 403. The fourth-order valence-corrected chi connectivity index (χ4v) is 4.40. The number of rotatable bonds is 2. The van der Waals surface area contributed by atoms with Crippen LogP contribution in [0.25, 0.3) is 0 Å². The van der Waals surface area contributed by atoms with Crippen LogP contribution in [0.15, 0.2) is 12.2 Å². The number of hydrogen-bond donors (Lipinski definition) is 1. The number of carbonyl (C=O) groups is 1. The Hall–Kier alpha value is -0.830. The van der Waals surface area contributed by atoms with Crippen LogP contribution < -0.4 is 0 Å². The predicted octanol–water partition coefficient (Wildman–Crippen LogP) is 2.86. The van der Waals surface area contributed by atoms with Gasteiger partial charge in [0.25, 0.3) is 0 Å². The summed E-state index contributed by atoms with van der Waals surface area (Å²) >= 11 is 0. The van der Waals surface area contributed by atoms with E-state index in [2.05, 4.69) is 20.4 Å². The molecular weight excluding hydrogens is 228 g/mol. The van der Waals surface area contributed by atoms with Crippen LogP contribution in [0.1, 0.15) is 39.5 Å². The molecule has 2 saturated carbocycles. The second kappa shape index (κ2) is 3.83. The lowest BCUT2D eigenvalue weighted by Gasteiger charge is -2.44. The maximum Gasteiger partial charge on any atom is 0.331 e. The monoisotopic (exact) mass is 250 g/mol. The Balaban J connectivity index is 1.87. The molecule has 1 N–H and O–H groups in total. The molecule has 100 valence electrons. The van der Waals surface area contributed by atoms with Gasteiger partial charge in [-0.15, -0.1) is 0 Å². The highest BCUT2D eigenvalue weighted by molar-refractivity contribution is 5.86. The van der Waals surface area contributed by atoms with Crippen molar-refractivity contribution in [2.75, 3.05) is 0 Å². The van der Waals surface area contributed by atoms with E-state index in [9.17, 15) is 9.90 Å². The maximum absolute atomic E-state index is 11.2. The summed E-state index contributed by atoms with van der Waals surface area (Å²) in [5.41, 5.74) is 0.437. The average Bonchev–Trinajstić information content (AvgIpc) is 3.01. The summed E-state index contributed by atoms with van der Waals surface area (Å²) in [6.07, 6.45) is 4.68. The number of ether oxygens (including phenoxy) is 1. The summed E-state index contributed by atoms with van der Waals surface area (Å²) < 4.78 is 5.91. The minimum atomic E-state index is -0.832. The second-order valence-corrected chi connectivity index (χ2v) is 6.62. The first-order valence-electron chi connectivity index (χ1n) is 7.04. The predicted molar refractivity (Wildman–Crippen MR) is 68.2 cm³/mol. The van der Waals surface area contributed by atoms with Crippen molar-refractivity contribution in [1.82, 2.24) is 0 Å². The summed E-state index contributed by atoms with van der Waals surface area (Å²) in [6, 6.07) is 0. The van der Waals surface area contributed by atoms with Gasteiger partial charge in [0.1, 0.15) is 0 Å². The number of epoxide rings is 1. The summed E-state index contributed by atoms with van der Waals surface area (Å²) in [5, 5.41) is 9.21. The first kappa shape index (κ1) is 12.2. The minimum absolute atomic E-state index is 0.0370. The molecule has 18 heavy (non-hydrogen) atoms. The largest absolute Gasteiger partial charge is 0.478 e. The molecule has 0 aromatic heterocycles. The Kier molecular flexibility index (Phi) is 2.60. The van der Waals surface area contributed by atoms with Crippen LogP contribution in [0.2, 0.25) is 0 Å². The molecule has 1 saturated heterocycles. The fraction of sp³-hybridized carbons (Fsp3) is 0.800. The number of carboxylic acids is 1. The minimum Gasteiger partial charge on any atom is -0.478 e. The maximum atomic E-state index is 11.2. The zero-order valence-corrected chi connectivity index (χ0v) is 11.2. The van der Waals surface area contributed by atoms with Gasteiger partial charge in [-0.25, -0.2) is 4.79 Å². The van der Waals surface area contributed by atoms with Crippen LogP contribution in [0.3, 0.4) is 0 Å². The summed E-state index contributed by atoms with van der Waals surface area (Å²) in [7, 11) is 0. The van der Waals surface area contributed by atoms with E-state index in [0.717, 1.165) is 19.3 Å². The van der Waals surface area contributed by atoms with Gasteiger partial charge in [0, 0.05) is 5.57 Å². The van der Waals surface area contributed by atoms with E-state index in [1.54, 1.807) is 0 Å². The van der Waals surface area contributed by atoms with Gasteiger partial charge in [-0.2, -0.15) is 0 Å². The van der Waals surface area contributed by atoms with Crippen molar-refractivity contribution in [3.05, 3.63) is 12.2 Å². The lowest BCUT2D eigenvalue weighted by molar-refractivity contribution is -0.134. The molecule has 0 amide bonds. The molecule has 3 nitrogen and oxygen atoms in total. The van der Waals surface area contributed by atoms with Gasteiger partial charge in [-0.3, -0.25) is 0 Å². The van der Waals surface area contributed by atoms with E-state index >= 15 is 0 Å². The Morgan fingerprint density at radius 2 is 2.11 bits per heavy atom. The van der Waals surface area contributed by atoms with Crippen molar-refractivity contribution in [3.8, 4) is 0 Å². The molecule has 0 unspecified atom stereocenters. The van der Waals surface area contributed by atoms with Crippen molar-refractivity contribution in [3.63, 3.8) is 0 Å².